The van der Waals surface area contributed by atoms with Crippen molar-refractivity contribution in [1.29, 1.82) is 0 Å². The smallest absolute Gasteiger partial charge is 0.410 e. The topological polar surface area (TPSA) is 55.4 Å². The third-order valence-electron chi connectivity index (χ3n) is 3.27. The third kappa shape index (κ3) is 4.66. The molecule has 0 spiro atoms. The van der Waals surface area contributed by atoms with Gasteiger partial charge in [-0.2, -0.15) is 0 Å². The van der Waals surface area contributed by atoms with Gasteiger partial charge < -0.3 is 10.1 Å². The average Bonchev–Trinajstić information content (AvgIpc) is 2.46. The van der Waals surface area contributed by atoms with Crippen LogP contribution in [0.4, 0.5) is 9.18 Å². The van der Waals surface area contributed by atoms with Crippen LogP contribution in [0.2, 0.25) is 0 Å². The van der Waals surface area contributed by atoms with Crippen LogP contribution in [0.25, 0.3) is 5.57 Å². The van der Waals surface area contributed by atoms with Crippen LogP contribution in [0.5, 0.6) is 5.75 Å². The molecule has 0 bridgehead atoms. The summed E-state index contributed by atoms with van der Waals surface area (Å²) in [7, 11) is -0.836. The molecular weight excluding hydrogens is 305 g/mol. The Labute approximate surface area is 132 Å². The van der Waals surface area contributed by atoms with E-state index >= 15 is 0 Å². The zero-order valence-electron chi connectivity index (χ0n) is 12.7. The molecule has 4 nitrogen and oxygen atoms in total. The van der Waals surface area contributed by atoms with E-state index in [1.807, 2.05) is 19.9 Å². The van der Waals surface area contributed by atoms with Crippen molar-refractivity contribution in [2.45, 2.75) is 20.3 Å². The molecule has 6 heteroatoms. The standard InChI is InChI=1S/C16H20FNO3S/c1-11(2)10-18-16(19)21-13-3-4-14(15(17)9-13)12-5-7-22(20)8-6-12/h3-5,9,11H,6-8,10H2,1-2H3,(H,18,19). The first-order valence-corrected chi connectivity index (χ1v) is 8.74. The van der Waals surface area contributed by atoms with E-state index in [4.69, 9.17) is 4.74 Å². The van der Waals surface area contributed by atoms with Crippen molar-refractivity contribution in [3.05, 3.63) is 35.7 Å². The van der Waals surface area contributed by atoms with Crippen LogP contribution >= 0.6 is 0 Å². The van der Waals surface area contributed by atoms with Crippen molar-refractivity contribution in [2.75, 3.05) is 18.1 Å². The van der Waals surface area contributed by atoms with Gasteiger partial charge in [-0.3, -0.25) is 4.21 Å². The van der Waals surface area contributed by atoms with Gasteiger partial charge in [-0.15, -0.1) is 0 Å². The van der Waals surface area contributed by atoms with Crippen molar-refractivity contribution in [1.82, 2.24) is 5.32 Å². The molecule has 120 valence electrons. The monoisotopic (exact) mass is 325 g/mol. The summed E-state index contributed by atoms with van der Waals surface area (Å²) in [6.45, 7) is 4.45. The first-order chi connectivity index (χ1) is 10.5. The lowest BCUT2D eigenvalue weighted by Gasteiger charge is -2.14. The quantitative estimate of drug-likeness (QED) is 0.925. The molecule has 1 amide bonds. The lowest BCUT2D eigenvalue weighted by Crippen LogP contribution is -2.30. The molecule has 1 heterocycles. The van der Waals surface area contributed by atoms with Crippen molar-refractivity contribution in [3.63, 3.8) is 0 Å². The maximum absolute atomic E-state index is 14.2. The van der Waals surface area contributed by atoms with Crippen LogP contribution in [-0.2, 0) is 10.8 Å². The Balaban J connectivity index is 2.03. The number of hydrogen-bond donors (Lipinski definition) is 1. The Kier molecular flexibility index (Phi) is 5.71. The number of ether oxygens (including phenoxy) is 1. The largest absolute Gasteiger partial charge is 0.412 e. The van der Waals surface area contributed by atoms with Gasteiger partial charge >= 0.3 is 6.09 Å². The maximum atomic E-state index is 14.2. The Hall–Kier alpha value is -1.69. The number of amides is 1. The summed E-state index contributed by atoms with van der Waals surface area (Å²) in [6.07, 6.45) is 1.82. The molecule has 0 aromatic heterocycles. The summed E-state index contributed by atoms with van der Waals surface area (Å²) in [5.74, 6) is 1.07. The second kappa shape index (κ2) is 7.54. The zero-order chi connectivity index (χ0) is 16.1. The van der Waals surface area contributed by atoms with E-state index < -0.39 is 22.7 Å². The summed E-state index contributed by atoms with van der Waals surface area (Å²) >= 11 is 0. The Morgan fingerprint density at radius 1 is 1.45 bits per heavy atom. The fourth-order valence-corrected chi connectivity index (χ4v) is 3.10. The fraction of sp³-hybridized carbons (Fsp3) is 0.438. The Morgan fingerprint density at radius 2 is 2.23 bits per heavy atom. The molecule has 1 aliphatic heterocycles. The van der Waals surface area contributed by atoms with Crippen LogP contribution in [0.3, 0.4) is 0 Å². The molecule has 2 rings (SSSR count). The lowest BCUT2D eigenvalue weighted by atomic mass is 10.0. The van der Waals surface area contributed by atoms with Gasteiger partial charge in [-0.1, -0.05) is 19.9 Å². The average molecular weight is 325 g/mol. The van der Waals surface area contributed by atoms with Crippen LogP contribution in [0.1, 0.15) is 25.8 Å². The minimum absolute atomic E-state index is 0.169. The van der Waals surface area contributed by atoms with E-state index in [0.717, 1.165) is 5.57 Å². The number of nitrogens with one attached hydrogen (secondary N) is 1. The van der Waals surface area contributed by atoms with Gasteiger partial charge in [0.2, 0.25) is 0 Å². The second-order valence-electron chi connectivity index (χ2n) is 5.60. The summed E-state index contributed by atoms with van der Waals surface area (Å²) in [5.41, 5.74) is 1.33. The number of carbonyl (C=O) groups is 1. The normalized spacial score (nSPS) is 18.0. The van der Waals surface area contributed by atoms with E-state index in [2.05, 4.69) is 5.32 Å². The predicted molar refractivity (Wildman–Crippen MR) is 85.7 cm³/mol. The van der Waals surface area contributed by atoms with E-state index in [-0.39, 0.29) is 5.75 Å². The van der Waals surface area contributed by atoms with Gasteiger partial charge in [0.15, 0.2) is 0 Å². The highest BCUT2D eigenvalue weighted by Gasteiger charge is 2.15. The minimum atomic E-state index is -0.836. The molecule has 1 atom stereocenters. The number of benzene rings is 1. The Bertz CT molecular complexity index is 613. The van der Waals surface area contributed by atoms with Gasteiger partial charge in [-0.25, -0.2) is 9.18 Å². The third-order valence-corrected chi connectivity index (χ3v) is 4.46. The SMILES string of the molecule is CC(C)CNC(=O)Oc1ccc(C2=CCS(=O)CC2)c(F)c1. The van der Waals surface area contributed by atoms with Crippen LogP contribution in [0, 0.1) is 11.7 Å². The van der Waals surface area contributed by atoms with Crippen molar-refractivity contribution >= 4 is 22.5 Å². The van der Waals surface area contributed by atoms with Crippen LogP contribution in [-0.4, -0.2) is 28.4 Å². The number of hydrogen-bond acceptors (Lipinski definition) is 3. The lowest BCUT2D eigenvalue weighted by molar-refractivity contribution is 0.199. The van der Waals surface area contributed by atoms with E-state index in [0.29, 0.717) is 36.0 Å². The fourth-order valence-electron chi connectivity index (χ4n) is 2.10. The molecule has 1 aliphatic rings. The molecule has 22 heavy (non-hydrogen) atoms. The molecule has 0 radical (unpaired) electrons. The molecular formula is C16H20FNO3S. The van der Waals surface area contributed by atoms with Crippen molar-refractivity contribution in [2.24, 2.45) is 5.92 Å². The molecule has 0 aliphatic carbocycles. The van der Waals surface area contributed by atoms with Crippen LogP contribution < -0.4 is 10.1 Å². The van der Waals surface area contributed by atoms with Crippen LogP contribution in [0.15, 0.2) is 24.3 Å². The van der Waals surface area contributed by atoms with Gasteiger partial charge in [0, 0.05) is 40.5 Å². The van der Waals surface area contributed by atoms with E-state index in [1.165, 1.54) is 6.07 Å². The highest BCUT2D eigenvalue weighted by molar-refractivity contribution is 7.85. The molecule has 1 N–H and O–H groups in total. The molecule has 0 fully saturated rings. The van der Waals surface area contributed by atoms with Gasteiger partial charge in [0.1, 0.15) is 11.6 Å². The van der Waals surface area contributed by atoms with Crippen molar-refractivity contribution in [3.8, 4) is 5.75 Å². The maximum Gasteiger partial charge on any atom is 0.412 e. The first-order valence-electron chi connectivity index (χ1n) is 7.25. The minimum Gasteiger partial charge on any atom is -0.410 e. The number of carbonyl (C=O) groups excluding carboxylic acids is 1. The van der Waals surface area contributed by atoms with E-state index in [1.54, 1.807) is 12.1 Å². The molecule has 1 aromatic carbocycles. The van der Waals surface area contributed by atoms with E-state index in [9.17, 15) is 13.4 Å². The number of halogens is 1. The Morgan fingerprint density at radius 3 is 2.82 bits per heavy atom. The summed E-state index contributed by atoms with van der Waals surface area (Å²) in [4.78, 5) is 11.5. The second-order valence-corrected chi connectivity index (χ2v) is 7.22. The molecule has 1 unspecified atom stereocenters. The first kappa shape index (κ1) is 16.7. The van der Waals surface area contributed by atoms with Gasteiger partial charge in [0.05, 0.1) is 0 Å². The number of rotatable bonds is 4. The predicted octanol–water partition coefficient (Wildman–Crippen LogP) is 3.11. The summed E-state index contributed by atoms with van der Waals surface area (Å²) in [6, 6.07) is 4.37. The molecule has 0 saturated carbocycles. The molecule has 0 saturated heterocycles. The summed E-state index contributed by atoms with van der Waals surface area (Å²) < 4.78 is 30.5. The summed E-state index contributed by atoms with van der Waals surface area (Å²) in [5, 5.41) is 2.60. The molecule has 1 aromatic rings. The van der Waals surface area contributed by atoms with Crippen molar-refractivity contribution < 1.29 is 18.1 Å². The number of allylic oxidation sites excluding steroid dienone is 1. The zero-order valence-corrected chi connectivity index (χ0v) is 13.5. The highest BCUT2D eigenvalue weighted by atomic mass is 32.2. The highest BCUT2D eigenvalue weighted by Crippen LogP contribution is 2.27. The van der Waals surface area contributed by atoms with Gasteiger partial charge in [-0.05, 0) is 30.0 Å². The van der Waals surface area contributed by atoms with Gasteiger partial charge in [0.25, 0.3) is 0 Å².